The summed E-state index contributed by atoms with van der Waals surface area (Å²) in [6.45, 7) is 5.75. The van der Waals surface area contributed by atoms with Crippen molar-refractivity contribution in [1.29, 1.82) is 0 Å². The number of rotatable bonds is 5. The molecule has 2 aromatic rings. The number of guanidine groups is 1. The molecular formula is C16H22FIN4S. The Morgan fingerprint density at radius 3 is 2.74 bits per heavy atom. The maximum Gasteiger partial charge on any atom is 0.194 e. The van der Waals surface area contributed by atoms with Crippen LogP contribution in [0.1, 0.15) is 23.2 Å². The van der Waals surface area contributed by atoms with Crippen molar-refractivity contribution in [3.8, 4) is 0 Å². The van der Waals surface area contributed by atoms with E-state index in [1.807, 2.05) is 37.2 Å². The van der Waals surface area contributed by atoms with Crippen molar-refractivity contribution in [3.05, 3.63) is 51.7 Å². The number of aryl methyl sites for hydroxylation is 1. The predicted molar refractivity (Wildman–Crippen MR) is 105 cm³/mol. The van der Waals surface area contributed by atoms with Crippen LogP contribution in [0.2, 0.25) is 0 Å². The standard InChI is InChI=1S/C16H21FN4S.HI/c1-4-18-16(19-9-13-7-5-6-8-15(13)17)21(3)10-14-11-22-12(2)20-14;/h5-8,11H,4,9-10H2,1-3H3,(H,18,19);1H. The van der Waals surface area contributed by atoms with Gasteiger partial charge in [-0.05, 0) is 19.9 Å². The van der Waals surface area contributed by atoms with E-state index in [0.29, 0.717) is 18.7 Å². The van der Waals surface area contributed by atoms with E-state index in [0.717, 1.165) is 23.2 Å². The summed E-state index contributed by atoms with van der Waals surface area (Å²) in [5.41, 5.74) is 1.61. The van der Waals surface area contributed by atoms with E-state index in [4.69, 9.17) is 0 Å². The highest BCUT2D eigenvalue weighted by molar-refractivity contribution is 14.0. The highest BCUT2D eigenvalue weighted by atomic mass is 127. The number of nitrogens with one attached hydrogen (secondary N) is 1. The lowest BCUT2D eigenvalue weighted by atomic mass is 10.2. The Bertz CT molecular complexity index is 645. The molecule has 0 atom stereocenters. The molecule has 126 valence electrons. The Balaban J connectivity index is 0.00000264. The molecule has 1 aromatic heterocycles. The Labute approximate surface area is 157 Å². The van der Waals surface area contributed by atoms with Crippen molar-refractivity contribution in [2.24, 2.45) is 4.99 Å². The van der Waals surface area contributed by atoms with Crippen molar-refractivity contribution < 1.29 is 4.39 Å². The van der Waals surface area contributed by atoms with E-state index >= 15 is 0 Å². The van der Waals surface area contributed by atoms with Gasteiger partial charge in [0, 0.05) is 24.5 Å². The quantitative estimate of drug-likeness (QED) is 0.430. The van der Waals surface area contributed by atoms with E-state index in [1.54, 1.807) is 23.5 Å². The molecule has 0 aliphatic rings. The van der Waals surface area contributed by atoms with Crippen LogP contribution in [0, 0.1) is 12.7 Å². The second-order valence-electron chi connectivity index (χ2n) is 4.98. The van der Waals surface area contributed by atoms with E-state index in [2.05, 4.69) is 15.3 Å². The smallest absolute Gasteiger partial charge is 0.194 e. The summed E-state index contributed by atoms with van der Waals surface area (Å²) in [5, 5.41) is 6.33. The topological polar surface area (TPSA) is 40.5 Å². The summed E-state index contributed by atoms with van der Waals surface area (Å²) in [4.78, 5) is 11.0. The minimum atomic E-state index is -0.222. The normalized spacial score (nSPS) is 11.0. The van der Waals surface area contributed by atoms with E-state index in [-0.39, 0.29) is 29.8 Å². The van der Waals surface area contributed by atoms with E-state index in [1.165, 1.54) is 6.07 Å². The molecule has 2 rings (SSSR count). The second kappa shape index (κ2) is 9.82. The fraction of sp³-hybridized carbons (Fsp3) is 0.375. The van der Waals surface area contributed by atoms with Crippen LogP contribution in [0.25, 0.3) is 0 Å². The first-order valence-electron chi connectivity index (χ1n) is 7.24. The molecule has 0 unspecified atom stereocenters. The lowest BCUT2D eigenvalue weighted by molar-refractivity contribution is 0.470. The van der Waals surface area contributed by atoms with Crippen molar-refractivity contribution in [2.45, 2.75) is 26.9 Å². The fourth-order valence-electron chi connectivity index (χ4n) is 2.06. The zero-order chi connectivity index (χ0) is 15.9. The number of aliphatic imine (C=N–C) groups is 1. The molecule has 0 bridgehead atoms. The molecule has 1 N–H and O–H groups in total. The number of aromatic nitrogens is 1. The largest absolute Gasteiger partial charge is 0.357 e. The third-order valence-corrected chi connectivity index (χ3v) is 3.94. The van der Waals surface area contributed by atoms with Gasteiger partial charge in [0.1, 0.15) is 5.82 Å². The highest BCUT2D eigenvalue weighted by Crippen LogP contribution is 2.11. The molecule has 7 heteroatoms. The van der Waals surface area contributed by atoms with Gasteiger partial charge in [-0.25, -0.2) is 14.4 Å². The van der Waals surface area contributed by atoms with Gasteiger partial charge in [0.15, 0.2) is 5.96 Å². The summed E-state index contributed by atoms with van der Waals surface area (Å²) in [7, 11) is 1.96. The SMILES string of the molecule is CCNC(=NCc1ccccc1F)N(C)Cc1csc(C)n1.I. The second-order valence-corrected chi connectivity index (χ2v) is 6.04. The maximum atomic E-state index is 13.7. The van der Waals surface area contributed by atoms with Crippen LogP contribution >= 0.6 is 35.3 Å². The fourth-order valence-corrected chi connectivity index (χ4v) is 2.66. The van der Waals surface area contributed by atoms with Gasteiger partial charge in [0.2, 0.25) is 0 Å². The van der Waals surface area contributed by atoms with Crippen molar-refractivity contribution in [1.82, 2.24) is 15.2 Å². The first-order valence-corrected chi connectivity index (χ1v) is 8.12. The van der Waals surface area contributed by atoms with Gasteiger partial charge >= 0.3 is 0 Å². The number of thiazole rings is 1. The minimum Gasteiger partial charge on any atom is -0.357 e. The summed E-state index contributed by atoms with van der Waals surface area (Å²) in [6, 6.07) is 6.72. The number of halogens is 2. The van der Waals surface area contributed by atoms with Gasteiger partial charge in [-0.15, -0.1) is 35.3 Å². The van der Waals surface area contributed by atoms with Gasteiger partial charge in [0.25, 0.3) is 0 Å². The molecule has 1 heterocycles. The first-order chi connectivity index (χ1) is 10.6. The Hall–Kier alpha value is -1.22. The van der Waals surface area contributed by atoms with Crippen LogP contribution in [-0.2, 0) is 13.1 Å². The van der Waals surface area contributed by atoms with E-state index < -0.39 is 0 Å². The molecule has 0 radical (unpaired) electrons. The average Bonchev–Trinajstić information content (AvgIpc) is 2.90. The first kappa shape index (κ1) is 19.8. The molecule has 0 fully saturated rings. The summed E-state index contributed by atoms with van der Waals surface area (Å²) < 4.78 is 13.7. The number of nitrogens with zero attached hydrogens (tertiary/aromatic N) is 3. The van der Waals surface area contributed by atoms with Crippen molar-refractivity contribution in [2.75, 3.05) is 13.6 Å². The lowest BCUT2D eigenvalue weighted by Gasteiger charge is -2.21. The summed E-state index contributed by atoms with van der Waals surface area (Å²) in [6.07, 6.45) is 0. The molecule has 23 heavy (non-hydrogen) atoms. The number of hydrogen-bond acceptors (Lipinski definition) is 3. The molecule has 0 amide bonds. The van der Waals surface area contributed by atoms with Crippen LogP contribution < -0.4 is 5.32 Å². The van der Waals surface area contributed by atoms with Gasteiger partial charge < -0.3 is 10.2 Å². The van der Waals surface area contributed by atoms with Gasteiger partial charge in [-0.2, -0.15) is 0 Å². The number of benzene rings is 1. The predicted octanol–water partition coefficient (Wildman–Crippen LogP) is 3.81. The maximum absolute atomic E-state index is 13.7. The number of hydrogen-bond donors (Lipinski definition) is 1. The summed E-state index contributed by atoms with van der Waals surface area (Å²) in [5.74, 6) is 0.524. The zero-order valence-corrected chi connectivity index (χ0v) is 16.7. The van der Waals surface area contributed by atoms with Crippen LogP contribution in [0.4, 0.5) is 4.39 Å². The third kappa shape index (κ3) is 6.06. The van der Waals surface area contributed by atoms with Crippen LogP contribution in [-0.4, -0.2) is 29.4 Å². The van der Waals surface area contributed by atoms with Crippen LogP contribution in [0.5, 0.6) is 0 Å². The van der Waals surface area contributed by atoms with Gasteiger partial charge in [0.05, 0.1) is 23.8 Å². The minimum absolute atomic E-state index is 0. The monoisotopic (exact) mass is 448 g/mol. The average molecular weight is 448 g/mol. The van der Waals surface area contributed by atoms with Crippen LogP contribution in [0.15, 0.2) is 34.6 Å². The Kier molecular flexibility index (Phi) is 8.46. The molecule has 0 spiro atoms. The zero-order valence-electron chi connectivity index (χ0n) is 13.5. The molecule has 0 aliphatic carbocycles. The molecular weight excluding hydrogens is 426 g/mol. The molecule has 0 aliphatic heterocycles. The third-order valence-electron chi connectivity index (χ3n) is 3.12. The molecule has 0 saturated heterocycles. The van der Waals surface area contributed by atoms with Crippen LogP contribution in [0.3, 0.4) is 0 Å². The van der Waals surface area contributed by atoms with Crippen molar-refractivity contribution >= 4 is 41.3 Å². The van der Waals surface area contributed by atoms with E-state index in [9.17, 15) is 4.39 Å². The molecule has 4 nitrogen and oxygen atoms in total. The highest BCUT2D eigenvalue weighted by Gasteiger charge is 2.09. The molecule has 1 aromatic carbocycles. The van der Waals surface area contributed by atoms with Gasteiger partial charge in [-0.1, -0.05) is 18.2 Å². The Morgan fingerprint density at radius 2 is 2.13 bits per heavy atom. The van der Waals surface area contributed by atoms with Gasteiger partial charge in [-0.3, -0.25) is 0 Å². The molecule has 0 saturated carbocycles. The Morgan fingerprint density at radius 1 is 1.39 bits per heavy atom. The van der Waals surface area contributed by atoms with Crippen molar-refractivity contribution in [3.63, 3.8) is 0 Å². The summed E-state index contributed by atoms with van der Waals surface area (Å²) >= 11 is 1.64. The lowest BCUT2D eigenvalue weighted by Crippen LogP contribution is -2.38.